The summed E-state index contributed by atoms with van der Waals surface area (Å²) in [4.78, 5) is 11.6. The molecule has 0 saturated heterocycles. The minimum absolute atomic E-state index is 0.0877. The smallest absolute Gasteiger partial charge is 0.237 e. The first-order valence-corrected chi connectivity index (χ1v) is 5.70. The highest BCUT2D eigenvalue weighted by Gasteiger charge is 2.16. The molecule has 0 aliphatic carbocycles. The van der Waals surface area contributed by atoms with Crippen LogP contribution >= 0.6 is 0 Å². The van der Waals surface area contributed by atoms with Gasteiger partial charge in [-0.2, -0.15) is 0 Å². The highest BCUT2D eigenvalue weighted by molar-refractivity contribution is 5.81. The number of carbonyl (C=O) groups is 1. The van der Waals surface area contributed by atoms with E-state index in [1.54, 1.807) is 19.1 Å². The molecule has 0 radical (unpaired) electrons. The molecule has 1 rings (SSSR count). The molecule has 94 valence electrons. The van der Waals surface area contributed by atoms with E-state index in [1.165, 1.54) is 6.07 Å². The lowest BCUT2D eigenvalue weighted by molar-refractivity contribution is -0.123. The zero-order valence-electron chi connectivity index (χ0n) is 10.5. The number of hydrogen-bond acceptors (Lipinski definition) is 2. The molecule has 0 bridgehead atoms. The van der Waals surface area contributed by atoms with Gasteiger partial charge in [-0.05, 0) is 30.0 Å². The van der Waals surface area contributed by atoms with Crippen LogP contribution in [-0.2, 0) is 11.3 Å². The van der Waals surface area contributed by atoms with Crippen molar-refractivity contribution in [2.75, 3.05) is 0 Å². The average Bonchev–Trinajstić information content (AvgIpc) is 2.29. The molecule has 17 heavy (non-hydrogen) atoms. The summed E-state index contributed by atoms with van der Waals surface area (Å²) in [5.41, 5.74) is 7.02. The minimum Gasteiger partial charge on any atom is -0.351 e. The SMILES string of the molecule is Cc1ccc(CNC(=O)C(N)C(C)C)cc1F. The van der Waals surface area contributed by atoms with Crippen molar-refractivity contribution in [3.05, 3.63) is 35.1 Å². The van der Waals surface area contributed by atoms with E-state index in [1.807, 2.05) is 13.8 Å². The summed E-state index contributed by atoms with van der Waals surface area (Å²) in [5.74, 6) is -0.379. The summed E-state index contributed by atoms with van der Waals surface area (Å²) in [6.07, 6.45) is 0. The number of hydrogen-bond donors (Lipinski definition) is 2. The van der Waals surface area contributed by atoms with Gasteiger partial charge < -0.3 is 11.1 Å². The standard InChI is InChI=1S/C13H19FN2O/c1-8(2)12(15)13(17)16-7-10-5-4-9(3)11(14)6-10/h4-6,8,12H,7,15H2,1-3H3,(H,16,17). The van der Waals surface area contributed by atoms with Gasteiger partial charge in [0.1, 0.15) is 5.82 Å². The second-order valence-corrected chi connectivity index (χ2v) is 4.57. The molecule has 3 nitrogen and oxygen atoms in total. The van der Waals surface area contributed by atoms with Gasteiger partial charge in [-0.1, -0.05) is 26.0 Å². The van der Waals surface area contributed by atoms with Crippen LogP contribution in [0.15, 0.2) is 18.2 Å². The van der Waals surface area contributed by atoms with E-state index in [2.05, 4.69) is 5.32 Å². The topological polar surface area (TPSA) is 55.1 Å². The van der Waals surface area contributed by atoms with Gasteiger partial charge in [0.2, 0.25) is 5.91 Å². The molecule has 1 amide bonds. The van der Waals surface area contributed by atoms with Gasteiger partial charge in [-0.3, -0.25) is 4.79 Å². The number of aryl methyl sites for hydroxylation is 1. The highest BCUT2D eigenvalue weighted by atomic mass is 19.1. The van der Waals surface area contributed by atoms with E-state index in [-0.39, 0.29) is 17.6 Å². The summed E-state index contributed by atoms with van der Waals surface area (Å²) in [7, 11) is 0. The molecule has 3 N–H and O–H groups in total. The Morgan fingerprint density at radius 1 is 1.47 bits per heavy atom. The Morgan fingerprint density at radius 2 is 2.12 bits per heavy atom. The van der Waals surface area contributed by atoms with Crippen LogP contribution in [0.3, 0.4) is 0 Å². The van der Waals surface area contributed by atoms with Crippen molar-refractivity contribution < 1.29 is 9.18 Å². The van der Waals surface area contributed by atoms with Crippen LogP contribution in [0.1, 0.15) is 25.0 Å². The number of nitrogens with one attached hydrogen (secondary N) is 1. The number of benzene rings is 1. The van der Waals surface area contributed by atoms with Crippen molar-refractivity contribution in [3.63, 3.8) is 0 Å². The quantitative estimate of drug-likeness (QED) is 0.839. The Balaban J connectivity index is 2.56. The molecule has 0 fully saturated rings. The Hall–Kier alpha value is -1.42. The number of carbonyl (C=O) groups excluding carboxylic acids is 1. The van der Waals surface area contributed by atoms with Crippen LogP contribution in [0.5, 0.6) is 0 Å². The maximum absolute atomic E-state index is 13.3. The minimum atomic E-state index is -0.523. The van der Waals surface area contributed by atoms with E-state index in [0.29, 0.717) is 12.1 Å². The lowest BCUT2D eigenvalue weighted by Gasteiger charge is -2.15. The summed E-state index contributed by atoms with van der Waals surface area (Å²) in [6.45, 7) is 5.77. The normalized spacial score (nSPS) is 12.6. The Labute approximate surface area is 101 Å². The third-order valence-electron chi connectivity index (χ3n) is 2.72. The Morgan fingerprint density at radius 3 is 2.65 bits per heavy atom. The number of amides is 1. The van der Waals surface area contributed by atoms with Crippen LogP contribution in [-0.4, -0.2) is 11.9 Å². The van der Waals surface area contributed by atoms with Gasteiger partial charge in [0.15, 0.2) is 0 Å². The second-order valence-electron chi connectivity index (χ2n) is 4.57. The van der Waals surface area contributed by atoms with Crippen molar-refractivity contribution >= 4 is 5.91 Å². The molecule has 0 saturated carbocycles. The fourth-order valence-electron chi connectivity index (χ4n) is 1.36. The summed E-state index contributed by atoms with van der Waals surface area (Å²) >= 11 is 0. The molecule has 1 atom stereocenters. The van der Waals surface area contributed by atoms with Crippen LogP contribution < -0.4 is 11.1 Å². The van der Waals surface area contributed by atoms with Gasteiger partial charge in [-0.15, -0.1) is 0 Å². The van der Waals surface area contributed by atoms with E-state index in [9.17, 15) is 9.18 Å². The number of rotatable bonds is 4. The van der Waals surface area contributed by atoms with Gasteiger partial charge in [0.25, 0.3) is 0 Å². The van der Waals surface area contributed by atoms with E-state index in [0.717, 1.165) is 5.56 Å². The summed E-state index contributed by atoms with van der Waals surface area (Å²) in [5, 5.41) is 2.70. The summed E-state index contributed by atoms with van der Waals surface area (Å²) < 4.78 is 13.3. The molecule has 4 heteroatoms. The molecule has 1 unspecified atom stereocenters. The molecule has 0 heterocycles. The third-order valence-corrected chi connectivity index (χ3v) is 2.72. The lowest BCUT2D eigenvalue weighted by Crippen LogP contribution is -2.43. The fourth-order valence-corrected chi connectivity index (χ4v) is 1.36. The van der Waals surface area contributed by atoms with Crippen LogP contribution in [0.25, 0.3) is 0 Å². The molecule has 0 spiro atoms. The molecule has 0 aliphatic heterocycles. The van der Waals surface area contributed by atoms with Crippen LogP contribution in [0.4, 0.5) is 4.39 Å². The lowest BCUT2D eigenvalue weighted by atomic mass is 10.0. The van der Waals surface area contributed by atoms with E-state index in [4.69, 9.17) is 5.73 Å². The Bertz CT molecular complexity index is 404. The molecular formula is C13H19FN2O. The van der Waals surface area contributed by atoms with Crippen molar-refractivity contribution in [2.45, 2.75) is 33.4 Å². The molecule has 1 aromatic carbocycles. The van der Waals surface area contributed by atoms with E-state index >= 15 is 0 Å². The maximum Gasteiger partial charge on any atom is 0.237 e. The van der Waals surface area contributed by atoms with Crippen molar-refractivity contribution in [1.29, 1.82) is 0 Å². The van der Waals surface area contributed by atoms with Crippen molar-refractivity contribution in [2.24, 2.45) is 11.7 Å². The van der Waals surface area contributed by atoms with Gasteiger partial charge in [0, 0.05) is 6.54 Å². The predicted molar refractivity (Wildman–Crippen MR) is 65.8 cm³/mol. The predicted octanol–water partition coefficient (Wildman–Crippen LogP) is 1.73. The van der Waals surface area contributed by atoms with Crippen LogP contribution in [0.2, 0.25) is 0 Å². The average molecular weight is 238 g/mol. The van der Waals surface area contributed by atoms with Gasteiger partial charge in [-0.25, -0.2) is 4.39 Å². The first-order valence-electron chi connectivity index (χ1n) is 5.70. The molecule has 1 aromatic rings. The zero-order chi connectivity index (χ0) is 13.0. The summed E-state index contributed by atoms with van der Waals surface area (Å²) in [6, 6.07) is 4.39. The molecule has 0 aromatic heterocycles. The van der Waals surface area contributed by atoms with Gasteiger partial charge in [0.05, 0.1) is 6.04 Å². The molecular weight excluding hydrogens is 219 g/mol. The first kappa shape index (κ1) is 13.6. The first-order chi connectivity index (χ1) is 7.91. The van der Waals surface area contributed by atoms with Crippen molar-refractivity contribution in [1.82, 2.24) is 5.32 Å². The van der Waals surface area contributed by atoms with Crippen LogP contribution in [0, 0.1) is 18.7 Å². The Kier molecular flexibility index (Phi) is 4.63. The third kappa shape index (κ3) is 3.82. The zero-order valence-corrected chi connectivity index (χ0v) is 10.5. The van der Waals surface area contributed by atoms with Crippen molar-refractivity contribution in [3.8, 4) is 0 Å². The molecule has 0 aliphatic rings. The highest BCUT2D eigenvalue weighted by Crippen LogP contribution is 2.09. The second kappa shape index (κ2) is 5.77. The number of halogens is 1. The monoisotopic (exact) mass is 238 g/mol. The maximum atomic E-state index is 13.3. The van der Waals surface area contributed by atoms with Gasteiger partial charge >= 0.3 is 0 Å². The number of nitrogens with two attached hydrogens (primary N) is 1. The largest absolute Gasteiger partial charge is 0.351 e. The fraction of sp³-hybridized carbons (Fsp3) is 0.462. The van der Waals surface area contributed by atoms with E-state index < -0.39 is 6.04 Å².